The molecule has 1 N–H and O–H groups in total. The fraction of sp³-hybridized carbons (Fsp3) is 0.211. The molecule has 2 aromatic carbocycles. The summed E-state index contributed by atoms with van der Waals surface area (Å²) in [6, 6.07) is 11.6. The van der Waals surface area contributed by atoms with Crippen molar-refractivity contribution in [3.05, 3.63) is 58.6 Å². The SMILES string of the molecule is CCN1C(=O)C(C(=O)N(C)c2cccc(Cl)c2C(=O)O)c2ccccc21. The fourth-order valence-electron chi connectivity index (χ4n) is 3.27. The van der Waals surface area contributed by atoms with Gasteiger partial charge in [-0.25, -0.2) is 4.79 Å². The number of para-hydroxylation sites is 1. The summed E-state index contributed by atoms with van der Waals surface area (Å²) in [5.74, 6) is -3.05. The van der Waals surface area contributed by atoms with Crippen LogP contribution in [0.25, 0.3) is 0 Å². The largest absolute Gasteiger partial charge is 0.478 e. The molecular formula is C19H17ClN2O4. The topological polar surface area (TPSA) is 77.9 Å². The van der Waals surface area contributed by atoms with Crippen molar-refractivity contribution >= 4 is 40.8 Å². The minimum Gasteiger partial charge on any atom is -0.478 e. The van der Waals surface area contributed by atoms with E-state index in [-0.39, 0.29) is 22.2 Å². The number of carboxylic acids is 1. The van der Waals surface area contributed by atoms with Gasteiger partial charge < -0.3 is 14.9 Å². The number of carbonyl (C=O) groups is 3. The summed E-state index contributed by atoms with van der Waals surface area (Å²) >= 11 is 5.99. The van der Waals surface area contributed by atoms with Gasteiger partial charge in [0.2, 0.25) is 11.8 Å². The first-order valence-electron chi connectivity index (χ1n) is 8.08. The predicted octanol–water partition coefficient (Wildman–Crippen LogP) is 3.15. The monoisotopic (exact) mass is 372 g/mol. The number of carbonyl (C=O) groups excluding carboxylic acids is 2. The van der Waals surface area contributed by atoms with Gasteiger partial charge in [0.05, 0.1) is 10.7 Å². The number of carboxylic acid groups (broad SMARTS) is 1. The van der Waals surface area contributed by atoms with Crippen molar-refractivity contribution in [3.8, 4) is 0 Å². The highest BCUT2D eigenvalue weighted by Crippen LogP contribution is 2.39. The zero-order valence-corrected chi connectivity index (χ0v) is 15.0. The van der Waals surface area contributed by atoms with Crippen LogP contribution in [0.5, 0.6) is 0 Å². The number of aromatic carboxylic acids is 1. The summed E-state index contributed by atoms with van der Waals surface area (Å²) < 4.78 is 0. The number of nitrogens with zero attached hydrogens (tertiary/aromatic N) is 2. The first kappa shape index (κ1) is 17.9. The molecule has 2 amide bonds. The molecule has 26 heavy (non-hydrogen) atoms. The first-order chi connectivity index (χ1) is 12.4. The zero-order valence-electron chi connectivity index (χ0n) is 14.3. The predicted molar refractivity (Wildman–Crippen MR) is 99.0 cm³/mol. The molecule has 0 spiro atoms. The number of hydrogen-bond acceptors (Lipinski definition) is 3. The van der Waals surface area contributed by atoms with Gasteiger partial charge in [-0.1, -0.05) is 35.9 Å². The van der Waals surface area contributed by atoms with E-state index in [4.69, 9.17) is 11.6 Å². The molecule has 1 atom stereocenters. The number of amides is 2. The molecular weight excluding hydrogens is 356 g/mol. The summed E-state index contributed by atoms with van der Waals surface area (Å²) in [4.78, 5) is 40.2. The Morgan fingerprint density at radius 1 is 1.19 bits per heavy atom. The molecule has 6 nitrogen and oxygen atoms in total. The van der Waals surface area contributed by atoms with Crippen molar-refractivity contribution in [1.29, 1.82) is 0 Å². The Kier molecular flexibility index (Phi) is 4.70. The number of fused-ring (bicyclic) bond motifs is 1. The molecule has 134 valence electrons. The molecule has 7 heteroatoms. The van der Waals surface area contributed by atoms with Crippen molar-refractivity contribution in [3.63, 3.8) is 0 Å². The molecule has 2 aromatic rings. The highest BCUT2D eigenvalue weighted by atomic mass is 35.5. The van der Waals surface area contributed by atoms with E-state index < -0.39 is 17.8 Å². The van der Waals surface area contributed by atoms with Gasteiger partial charge in [-0.3, -0.25) is 9.59 Å². The van der Waals surface area contributed by atoms with Gasteiger partial charge in [0.1, 0.15) is 11.5 Å². The minimum absolute atomic E-state index is 0.0305. The normalized spacial score (nSPS) is 15.7. The van der Waals surface area contributed by atoms with Gasteiger partial charge >= 0.3 is 5.97 Å². The number of likely N-dealkylation sites (N-methyl/N-ethyl adjacent to an activating group) is 2. The van der Waals surface area contributed by atoms with Gasteiger partial charge in [0, 0.05) is 19.3 Å². The van der Waals surface area contributed by atoms with Gasteiger partial charge in [-0.05, 0) is 30.7 Å². The molecule has 1 heterocycles. The van der Waals surface area contributed by atoms with E-state index in [1.54, 1.807) is 29.2 Å². The zero-order chi connectivity index (χ0) is 19.0. The second-order valence-electron chi connectivity index (χ2n) is 5.91. The summed E-state index contributed by atoms with van der Waals surface area (Å²) in [5.41, 5.74) is 1.30. The van der Waals surface area contributed by atoms with Crippen LogP contribution in [-0.4, -0.2) is 36.5 Å². The minimum atomic E-state index is -1.24. The standard InChI is InChI=1S/C19H17ClN2O4/c1-3-22-13-9-5-4-7-11(13)15(18(22)24)17(23)21(2)14-10-6-8-12(20)16(14)19(25)26/h4-10,15H,3H2,1-2H3,(H,25,26). The molecule has 3 rings (SSSR count). The number of rotatable bonds is 4. The summed E-state index contributed by atoms with van der Waals surface area (Å²) in [6.45, 7) is 2.28. The third-order valence-corrected chi connectivity index (χ3v) is 4.83. The molecule has 0 fully saturated rings. The van der Waals surface area contributed by atoms with Crippen molar-refractivity contribution in [1.82, 2.24) is 0 Å². The lowest BCUT2D eigenvalue weighted by Crippen LogP contribution is -2.38. The smallest absolute Gasteiger partial charge is 0.339 e. The van der Waals surface area contributed by atoms with E-state index in [1.165, 1.54) is 24.1 Å². The van der Waals surface area contributed by atoms with Crippen LogP contribution in [0.2, 0.25) is 5.02 Å². The highest BCUT2D eigenvalue weighted by Gasteiger charge is 2.42. The summed E-state index contributed by atoms with van der Waals surface area (Å²) in [5, 5.41) is 9.47. The second-order valence-corrected chi connectivity index (χ2v) is 6.32. The molecule has 0 saturated heterocycles. The Hall–Kier alpha value is -2.86. The summed E-state index contributed by atoms with van der Waals surface area (Å²) in [6.07, 6.45) is 0. The molecule has 0 saturated carbocycles. The molecule has 1 aliphatic rings. The second kappa shape index (κ2) is 6.80. The summed E-state index contributed by atoms with van der Waals surface area (Å²) in [7, 11) is 1.45. The van der Waals surface area contributed by atoms with Crippen LogP contribution >= 0.6 is 11.6 Å². The number of halogens is 1. The van der Waals surface area contributed by atoms with Gasteiger partial charge in [0.15, 0.2) is 0 Å². The third-order valence-electron chi connectivity index (χ3n) is 4.51. The van der Waals surface area contributed by atoms with Gasteiger partial charge in [-0.2, -0.15) is 0 Å². The Morgan fingerprint density at radius 3 is 2.54 bits per heavy atom. The van der Waals surface area contributed by atoms with E-state index in [0.717, 1.165) is 0 Å². The highest BCUT2D eigenvalue weighted by molar-refractivity contribution is 6.34. The van der Waals surface area contributed by atoms with Crippen molar-refractivity contribution in [2.45, 2.75) is 12.8 Å². The van der Waals surface area contributed by atoms with Crippen LogP contribution in [0, 0.1) is 0 Å². The van der Waals surface area contributed by atoms with E-state index in [2.05, 4.69) is 0 Å². The molecule has 1 unspecified atom stereocenters. The first-order valence-corrected chi connectivity index (χ1v) is 8.46. The van der Waals surface area contributed by atoms with Gasteiger partial charge in [0.25, 0.3) is 0 Å². The Balaban J connectivity index is 2.04. The molecule has 0 aromatic heterocycles. The maximum atomic E-state index is 13.1. The van der Waals surface area contributed by atoms with Crippen LogP contribution in [0.1, 0.15) is 28.8 Å². The molecule has 0 bridgehead atoms. The maximum absolute atomic E-state index is 13.1. The third kappa shape index (κ3) is 2.72. The van der Waals surface area contributed by atoms with Crippen molar-refractivity contribution < 1.29 is 19.5 Å². The van der Waals surface area contributed by atoms with E-state index in [1.807, 2.05) is 13.0 Å². The van der Waals surface area contributed by atoms with Crippen molar-refractivity contribution in [2.75, 3.05) is 23.4 Å². The molecule has 0 aliphatic carbocycles. The molecule has 0 radical (unpaired) electrons. The average molecular weight is 373 g/mol. The lowest BCUT2D eigenvalue weighted by atomic mass is 9.98. The molecule has 1 aliphatic heterocycles. The van der Waals surface area contributed by atoms with Crippen LogP contribution in [0.15, 0.2) is 42.5 Å². The Morgan fingerprint density at radius 2 is 1.88 bits per heavy atom. The van der Waals surface area contributed by atoms with E-state index in [9.17, 15) is 19.5 Å². The lowest BCUT2D eigenvalue weighted by Gasteiger charge is -2.23. The average Bonchev–Trinajstić information content (AvgIpc) is 2.91. The van der Waals surface area contributed by atoms with Crippen LogP contribution < -0.4 is 9.80 Å². The Labute approximate surface area is 155 Å². The lowest BCUT2D eigenvalue weighted by molar-refractivity contribution is -0.127. The number of benzene rings is 2. The Bertz CT molecular complexity index is 912. The van der Waals surface area contributed by atoms with Gasteiger partial charge in [-0.15, -0.1) is 0 Å². The van der Waals surface area contributed by atoms with E-state index in [0.29, 0.717) is 17.8 Å². The van der Waals surface area contributed by atoms with Crippen molar-refractivity contribution in [2.24, 2.45) is 0 Å². The van der Waals surface area contributed by atoms with Crippen LogP contribution in [0.3, 0.4) is 0 Å². The fourth-order valence-corrected chi connectivity index (χ4v) is 3.52. The number of hydrogen-bond donors (Lipinski definition) is 1. The van der Waals surface area contributed by atoms with Crippen LogP contribution in [-0.2, 0) is 9.59 Å². The quantitative estimate of drug-likeness (QED) is 0.836. The number of anilines is 2. The van der Waals surface area contributed by atoms with Crippen LogP contribution in [0.4, 0.5) is 11.4 Å². The maximum Gasteiger partial charge on any atom is 0.339 e. The van der Waals surface area contributed by atoms with E-state index >= 15 is 0 Å².